The lowest BCUT2D eigenvalue weighted by molar-refractivity contribution is -0.139. The summed E-state index contributed by atoms with van der Waals surface area (Å²) in [5, 5.41) is 2.79. The third-order valence-corrected chi connectivity index (χ3v) is 6.25. The number of amides is 2. The number of hydrogen-bond donors (Lipinski definition) is 1. The Balaban J connectivity index is 1.68. The lowest BCUT2D eigenvalue weighted by Gasteiger charge is -2.35. The van der Waals surface area contributed by atoms with Gasteiger partial charge in [0.25, 0.3) is 11.5 Å². The van der Waals surface area contributed by atoms with Gasteiger partial charge in [-0.3, -0.25) is 14.4 Å². The maximum absolute atomic E-state index is 13.3. The number of nitrogens with one attached hydrogen (secondary N) is 1. The third kappa shape index (κ3) is 4.56. The molecular formula is C24H29N3O4. The van der Waals surface area contributed by atoms with Gasteiger partial charge in [-0.05, 0) is 36.0 Å². The summed E-state index contributed by atoms with van der Waals surface area (Å²) in [5.74, 6) is -0.0446. The third-order valence-electron chi connectivity index (χ3n) is 6.25. The number of carbonyl (C=O) groups excluding carboxylic acids is 2. The van der Waals surface area contributed by atoms with Gasteiger partial charge in [-0.15, -0.1) is 0 Å². The molecule has 1 fully saturated rings. The van der Waals surface area contributed by atoms with E-state index in [1.807, 2.05) is 41.4 Å². The Labute approximate surface area is 182 Å². The molecule has 1 aliphatic carbocycles. The molecule has 0 unspecified atom stereocenters. The fourth-order valence-electron chi connectivity index (χ4n) is 4.30. The smallest absolute Gasteiger partial charge is 0.264 e. The molecule has 1 aliphatic heterocycles. The lowest BCUT2D eigenvalue weighted by Crippen LogP contribution is -2.44. The summed E-state index contributed by atoms with van der Waals surface area (Å²) in [5.41, 5.74) is 2.53. The minimum Gasteiger partial charge on any atom is -0.383 e. The van der Waals surface area contributed by atoms with Crippen LogP contribution < -0.4 is 10.9 Å². The van der Waals surface area contributed by atoms with Crippen LogP contribution in [0.4, 0.5) is 0 Å². The number of methoxy groups -OCH3 is 1. The molecule has 0 bridgehead atoms. The van der Waals surface area contributed by atoms with Crippen LogP contribution >= 0.6 is 0 Å². The largest absolute Gasteiger partial charge is 0.383 e. The van der Waals surface area contributed by atoms with E-state index in [1.165, 1.54) is 0 Å². The molecule has 1 N–H and O–H groups in total. The second-order valence-electron chi connectivity index (χ2n) is 8.31. The zero-order valence-electron chi connectivity index (χ0n) is 17.9. The van der Waals surface area contributed by atoms with Crippen molar-refractivity contribution in [3.8, 4) is 0 Å². The van der Waals surface area contributed by atoms with Crippen molar-refractivity contribution in [2.24, 2.45) is 5.92 Å². The number of fused-ring (bicyclic) bond motifs is 1. The van der Waals surface area contributed by atoms with Gasteiger partial charge in [-0.25, -0.2) is 0 Å². The Morgan fingerprint density at radius 1 is 1.19 bits per heavy atom. The fourth-order valence-corrected chi connectivity index (χ4v) is 4.30. The molecule has 0 atom stereocenters. The summed E-state index contributed by atoms with van der Waals surface area (Å²) >= 11 is 0. The van der Waals surface area contributed by atoms with E-state index in [4.69, 9.17) is 4.74 Å². The standard InChI is InChI=1S/C24H29N3O4/c1-31-13-11-25-22(28)21-20-10-12-26(23(29)18-8-5-9-18)15-19(20)16-27(24(21)30)14-17-6-3-2-4-7-17/h2-4,6-7,16,18H,5,8-15H2,1H3,(H,25,28). The molecule has 2 amide bonds. The Hall–Kier alpha value is -2.93. The second-order valence-corrected chi connectivity index (χ2v) is 8.31. The van der Waals surface area contributed by atoms with Crippen molar-refractivity contribution in [2.75, 3.05) is 26.8 Å². The zero-order chi connectivity index (χ0) is 21.8. The van der Waals surface area contributed by atoms with E-state index in [1.54, 1.807) is 11.7 Å². The van der Waals surface area contributed by atoms with Gasteiger partial charge in [0.2, 0.25) is 5.91 Å². The van der Waals surface area contributed by atoms with Crippen molar-refractivity contribution in [1.29, 1.82) is 0 Å². The summed E-state index contributed by atoms with van der Waals surface area (Å²) in [6.07, 6.45) is 5.38. The molecule has 4 rings (SSSR count). The highest BCUT2D eigenvalue weighted by Crippen LogP contribution is 2.30. The van der Waals surface area contributed by atoms with E-state index in [-0.39, 0.29) is 28.9 Å². The highest BCUT2D eigenvalue weighted by Gasteiger charge is 2.33. The molecule has 1 saturated carbocycles. The number of hydrogen-bond acceptors (Lipinski definition) is 4. The fraction of sp³-hybridized carbons (Fsp3) is 0.458. The van der Waals surface area contributed by atoms with E-state index in [9.17, 15) is 14.4 Å². The van der Waals surface area contributed by atoms with Gasteiger partial charge in [-0.2, -0.15) is 0 Å². The average Bonchev–Trinajstić information content (AvgIpc) is 2.73. The molecule has 0 saturated heterocycles. The number of pyridine rings is 1. The molecule has 0 radical (unpaired) electrons. The Morgan fingerprint density at radius 2 is 1.97 bits per heavy atom. The van der Waals surface area contributed by atoms with Crippen molar-refractivity contribution in [3.63, 3.8) is 0 Å². The number of nitrogens with zero attached hydrogens (tertiary/aromatic N) is 2. The van der Waals surface area contributed by atoms with Gasteiger partial charge in [0.1, 0.15) is 5.56 Å². The summed E-state index contributed by atoms with van der Waals surface area (Å²) in [6.45, 7) is 2.08. The van der Waals surface area contributed by atoms with Gasteiger partial charge >= 0.3 is 0 Å². The summed E-state index contributed by atoms with van der Waals surface area (Å²) < 4.78 is 6.60. The molecule has 7 heteroatoms. The monoisotopic (exact) mass is 423 g/mol. The molecule has 2 aliphatic rings. The quantitative estimate of drug-likeness (QED) is 0.691. The first-order valence-electron chi connectivity index (χ1n) is 10.9. The van der Waals surface area contributed by atoms with E-state index < -0.39 is 0 Å². The lowest BCUT2D eigenvalue weighted by atomic mass is 9.83. The van der Waals surface area contributed by atoms with Crippen LogP contribution in [0.2, 0.25) is 0 Å². The topological polar surface area (TPSA) is 80.6 Å². The van der Waals surface area contributed by atoms with E-state index >= 15 is 0 Å². The van der Waals surface area contributed by atoms with Gasteiger partial charge < -0.3 is 19.5 Å². The maximum atomic E-state index is 13.3. The molecular weight excluding hydrogens is 394 g/mol. The van der Waals surface area contributed by atoms with Gasteiger partial charge in [0.05, 0.1) is 13.2 Å². The first-order valence-corrected chi connectivity index (χ1v) is 10.9. The van der Waals surface area contributed by atoms with Gasteiger partial charge in [0.15, 0.2) is 0 Å². The van der Waals surface area contributed by atoms with Crippen molar-refractivity contribution in [2.45, 2.75) is 38.8 Å². The van der Waals surface area contributed by atoms with Crippen LogP contribution in [0, 0.1) is 5.92 Å². The van der Waals surface area contributed by atoms with Crippen LogP contribution in [0.5, 0.6) is 0 Å². The number of aromatic nitrogens is 1. The highest BCUT2D eigenvalue weighted by atomic mass is 16.5. The van der Waals surface area contributed by atoms with Crippen LogP contribution in [-0.4, -0.2) is 48.1 Å². The van der Waals surface area contributed by atoms with Crippen LogP contribution in [0.25, 0.3) is 0 Å². The first kappa shape index (κ1) is 21.3. The van der Waals surface area contributed by atoms with Gasteiger partial charge in [0, 0.05) is 38.9 Å². The van der Waals surface area contributed by atoms with E-state index in [2.05, 4.69) is 5.32 Å². The molecule has 2 aromatic rings. The predicted octanol–water partition coefficient (Wildman–Crippen LogP) is 1.96. The molecule has 7 nitrogen and oxygen atoms in total. The number of rotatable bonds is 7. The number of carbonyl (C=O) groups is 2. The van der Waals surface area contributed by atoms with Crippen molar-refractivity contribution < 1.29 is 14.3 Å². The predicted molar refractivity (Wildman–Crippen MR) is 117 cm³/mol. The average molecular weight is 424 g/mol. The molecule has 1 aromatic heterocycles. The summed E-state index contributed by atoms with van der Waals surface area (Å²) in [4.78, 5) is 40.9. The van der Waals surface area contributed by atoms with E-state index in [0.29, 0.717) is 39.2 Å². The minimum atomic E-state index is -0.375. The van der Waals surface area contributed by atoms with Crippen molar-refractivity contribution in [1.82, 2.24) is 14.8 Å². The first-order chi connectivity index (χ1) is 15.1. The molecule has 164 valence electrons. The molecule has 1 aromatic carbocycles. The van der Waals surface area contributed by atoms with Crippen molar-refractivity contribution >= 4 is 11.8 Å². The number of benzene rings is 1. The Bertz CT molecular complexity index is 1010. The SMILES string of the molecule is COCCNC(=O)c1c2c(cn(Cc3ccccc3)c1=O)CN(C(=O)C1CCC1)CC2. The zero-order valence-corrected chi connectivity index (χ0v) is 17.9. The maximum Gasteiger partial charge on any atom is 0.264 e. The van der Waals surface area contributed by atoms with Crippen molar-refractivity contribution in [3.05, 3.63) is 69.1 Å². The summed E-state index contributed by atoms with van der Waals surface area (Å²) in [6, 6.07) is 9.69. The Morgan fingerprint density at radius 3 is 2.65 bits per heavy atom. The molecule has 31 heavy (non-hydrogen) atoms. The second kappa shape index (κ2) is 9.47. The van der Waals surface area contributed by atoms with Gasteiger partial charge in [-0.1, -0.05) is 36.8 Å². The van der Waals surface area contributed by atoms with Crippen LogP contribution in [0.3, 0.4) is 0 Å². The highest BCUT2D eigenvalue weighted by molar-refractivity contribution is 5.95. The van der Waals surface area contributed by atoms with E-state index in [0.717, 1.165) is 36.0 Å². The summed E-state index contributed by atoms with van der Waals surface area (Å²) in [7, 11) is 1.57. The van der Waals surface area contributed by atoms with Crippen LogP contribution in [0.1, 0.15) is 46.3 Å². The minimum absolute atomic E-state index is 0.133. The normalized spacial score (nSPS) is 15.8. The molecule has 0 spiro atoms. The molecule has 2 heterocycles. The Kier molecular flexibility index (Phi) is 6.51. The van der Waals surface area contributed by atoms with Crippen LogP contribution in [-0.2, 0) is 29.0 Å². The van der Waals surface area contributed by atoms with Crippen LogP contribution in [0.15, 0.2) is 41.3 Å². The number of ether oxygens (including phenoxy) is 1.